The molecule has 27 heavy (non-hydrogen) atoms. The van der Waals surface area contributed by atoms with Gasteiger partial charge in [0.05, 0.1) is 12.2 Å². The number of rotatable bonds is 13. The van der Waals surface area contributed by atoms with Crippen LogP contribution in [-0.2, 0) is 4.79 Å². The van der Waals surface area contributed by atoms with E-state index in [-0.39, 0.29) is 35.2 Å². The highest BCUT2D eigenvalue weighted by Gasteiger charge is 2.47. The van der Waals surface area contributed by atoms with Crippen LogP contribution in [-0.4, -0.2) is 38.9 Å². The van der Waals surface area contributed by atoms with E-state index >= 15 is 0 Å². The van der Waals surface area contributed by atoms with Crippen LogP contribution in [0.3, 0.4) is 0 Å². The quantitative estimate of drug-likeness (QED) is 0.239. The molecule has 5 atom stereocenters. The average molecular weight is 399 g/mol. The standard InChI is InChI=1S/C22H35ClO4/c1-2-12-22(13-14-22)20(25)10-7-9-17-16(18(23)15-19(17)24)8-5-3-4-6-11-21(26)27/h2,7,9,16-20,24-25H,1,3-6,8,10-15H2,(H,26,27)/b9-7+/t16-,17-,18-,19-,20?/m1/s1. The molecule has 0 spiro atoms. The summed E-state index contributed by atoms with van der Waals surface area (Å²) in [5, 5.41) is 29.5. The molecule has 0 saturated heterocycles. The van der Waals surface area contributed by atoms with Crippen molar-refractivity contribution in [1.82, 2.24) is 0 Å². The topological polar surface area (TPSA) is 77.8 Å². The van der Waals surface area contributed by atoms with Crippen molar-refractivity contribution in [3.8, 4) is 0 Å². The van der Waals surface area contributed by atoms with E-state index < -0.39 is 12.1 Å². The van der Waals surface area contributed by atoms with Gasteiger partial charge in [0, 0.05) is 23.1 Å². The third-order valence-corrected chi connectivity index (χ3v) is 6.92. The number of carboxylic acids is 1. The molecule has 0 radical (unpaired) electrons. The third-order valence-electron chi connectivity index (χ3n) is 6.42. The Labute approximate surface area is 168 Å². The minimum Gasteiger partial charge on any atom is -0.481 e. The second kappa shape index (κ2) is 10.6. The van der Waals surface area contributed by atoms with Gasteiger partial charge >= 0.3 is 5.97 Å². The molecule has 1 unspecified atom stereocenters. The Morgan fingerprint density at radius 1 is 1.26 bits per heavy atom. The van der Waals surface area contributed by atoms with Crippen molar-refractivity contribution in [2.75, 3.05) is 0 Å². The Bertz CT molecular complexity index is 514. The van der Waals surface area contributed by atoms with E-state index in [9.17, 15) is 15.0 Å². The lowest BCUT2D eigenvalue weighted by Crippen LogP contribution is -2.21. The van der Waals surface area contributed by atoms with Crippen LogP contribution in [0, 0.1) is 17.3 Å². The molecular weight excluding hydrogens is 364 g/mol. The van der Waals surface area contributed by atoms with Crippen molar-refractivity contribution in [2.45, 2.75) is 88.2 Å². The molecule has 0 aromatic heterocycles. The summed E-state index contributed by atoms with van der Waals surface area (Å²) < 4.78 is 0. The van der Waals surface area contributed by atoms with Gasteiger partial charge in [-0.15, -0.1) is 18.2 Å². The molecule has 2 rings (SSSR count). The molecule has 2 aliphatic carbocycles. The molecule has 5 heteroatoms. The van der Waals surface area contributed by atoms with E-state index in [0.717, 1.165) is 51.4 Å². The van der Waals surface area contributed by atoms with Crippen LogP contribution in [0.2, 0.25) is 0 Å². The Morgan fingerprint density at radius 3 is 2.59 bits per heavy atom. The lowest BCUT2D eigenvalue weighted by Gasteiger charge is -2.22. The molecule has 4 nitrogen and oxygen atoms in total. The number of allylic oxidation sites excluding steroid dienone is 1. The Balaban J connectivity index is 1.77. The summed E-state index contributed by atoms with van der Waals surface area (Å²) in [5.41, 5.74) is 0.0325. The zero-order valence-electron chi connectivity index (χ0n) is 16.2. The number of halogens is 1. The largest absolute Gasteiger partial charge is 0.481 e. The zero-order valence-corrected chi connectivity index (χ0v) is 17.0. The number of hydrogen-bond donors (Lipinski definition) is 3. The number of hydrogen-bond acceptors (Lipinski definition) is 3. The Hall–Kier alpha value is -0.840. The lowest BCUT2D eigenvalue weighted by atomic mass is 9.88. The lowest BCUT2D eigenvalue weighted by molar-refractivity contribution is -0.137. The van der Waals surface area contributed by atoms with E-state index in [2.05, 4.69) is 12.7 Å². The van der Waals surface area contributed by atoms with Crippen LogP contribution in [0.1, 0.15) is 70.6 Å². The van der Waals surface area contributed by atoms with E-state index in [0.29, 0.717) is 12.8 Å². The molecule has 0 aromatic rings. The maximum atomic E-state index is 10.5. The van der Waals surface area contributed by atoms with Crippen molar-refractivity contribution in [3.05, 3.63) is 24.8 Å². The third kappa shape index (κ3) is 6.62. The fourth-order valence-electron chi connectivity index (χ4n) is 4.48. The van der Waals surface area contributed by atoms with Crippen LogP contribution >= 0.6 is 11.6 Å². The molecule has 154 valence electrons. The van der Waals surface area contributed by atoms with E-state index in [1.54, 1.807) is 0 Å². The molecule has 0 aromatic carbocycles. The van der Waals surface area contributed by atoms with E-state index in [1.807, 2.05) is 12.2 Å². The fourth-order valence-corrected chi connectivity index (χ4v) is 4.96. The second-order valence-electron chi connectivity index (χ2n) is 8.44. The SMILES string of the molecule is C=CCC1(C(O)C/C=C/[C@@H]2[C@@H](CCCCCCC(=O)O)[C@H](Cl)C[C@H]2O)CC1. The molecule has 0 bridgehead atoms. The first kappa shape index (κ1) is 22.4. The van der Waals surface area contributed by atoms with Crippen LogP contribution < -0.4 is 0 Å². The molecule has 2 fully saturated rings. The van der Waals surface area contributed by atoms with Crippen molar-refractivity contribution in [3.63, 3.8) is 0 Å². The van der Waals surface area contributed by atoms with Gasteiger partial charge in [-0.3, -0.25) is 4.79 Å². The van der Waals surface area contributed by atoms with Gasteiger partial charge in [-0.25, -0.2) is 0 Å². The normalized spacial score (nSPS) is 30.5. The number of carbonyl (C=O) groups is 1. The minimum absolute atomic E-state index is 0.0193. The summed E-state index contributed by atoms with van der Waals surface area (Å²) >= 11 is 6.48. The van der Waals surface area contributed by atoms with Crippen LogP contribution in [0.15, 0.2) is 24.8 Å². The fraction of sp³-hybridized carbons (Fsp3) is 0.773. The van der Waals surface area contributed by atoms with Crippen molar-refractivity contribution in [1.29, 1.82) is 0 Å². The summed E-state index contributed by atoms with van der Waals surface area (Å²) in [6.45, 7) is 3.79. The highest BCUT2D eigenvalue weighted by molar-refractivity contribution is 6.21. The highest BCUT2D eigenvalue weighted by Crippen LogP contribution is 2.53. The number of carboxylic acid groups (broad SMARTS) is 1. The summed E-state index contributed by atoms with van der Waals surface area (Å²) in [6, 6.07) is 0. The van der Waals surface area contributed by atoms with Crippen LogP contribution in [0.5, 0.6) is 0 Å². The maximum Gasteiger partial charge on any atom is 0.303 e. The first-order chi connectivity index (χ1) is 12.9. The smallest absolute Gasteiger partial charge is 0.303 e. The van der Waals surface area contributed by atoms with E-state index in [1.165, 1.54) is 0 Å². The number of aliphatic hydroxyl groups excluding tert-OH is 2. The summed E-state index contributed by atoms with van der Waals surface area (Å²) in [7, 11) is 0. The predicted octanol–water partition coefficient (Wildman–Crippen LogP) is 4.68. The van der Waals surface area contributed by atoms with Crippen LogP contribution in [0.4, 0.5) is 0 Å². The Morgan fingerprint density at radius 2 is 1.96 bits per heavy atom. The van der Waals surface area contributed by atoms with Crippen LogP contribution in [0.25, 0.3) is 0 Å². The van der Waals surface area contributed by atoms with Gasteiger partial charge in [0.15, 0.2) is 0 Å². The number of aliphatic carboxylic acids is 1. The van der Waals surface area contributed by atoms with Crippen molar-refractivity contribution >= 4 is 17.6 Å². The van der Waals surface area contributed by atoms with Gasteiger partial charge in [0.2, 0.25) is 0 Å². The number of unbranched alkanes of at least 4 members (excludes halogenated alkanes) is 3. The Kier molecular flexibility index (Phi) is 8.84. The van der Waals surface area contributed by atoms with Gasteiger partial charge in [-0.1, -0.05) is 37.5 Å². The molecule has 3 N–H and O–H groups in total. The monoisotopic (exact) mass is 398 g/mol. The van der Waals surface area contributed by atoms with E-state index in [4.69, 9.17) is 16.7 Å². The predicted molar refractivity (Wildman–Crippen MR) is 109 cm³/mol. The molecule has 0 aliphatic heterocycles. The molecule has 2 saturated carbocycles. The van der Waals surface area contributed by atoms with Crippen molar-refractivity contribution in [2.24, 2.45) is 17.3 Å². The first-order valence-electron chi connectivity index (χ1n) is 10.4. The summed E-state index contributed by atoms with van der Waals surface area (Å²) in [5.74, 6) is -0.436. The molecule has 0 amide bonds. The summed E-state index contributed by atoms with van der Waals surface area (Å²) in [4.78, 5) is 10.5. The minimum atomic E-state index is -0.733. The molecular formula is C22H35ClO4. The maximum absolute atomic E-state index is 10.5. The molecule has 0 heterocycles. The number of aliphatic hydroxyl groups is 2. The zero-order chi connectivity index (χ0) is 19.9. The number of alkyl halides is 1. The van der Waals surface area contributed by atoms with Crippen molar-refractivity contribution < 1.29 is 20.1 Å². The first-order valence-corrected chi connectivity index (χ1v) is 10.8. The average Bonchev–Trinajstić information content (AvgIpc) is 3.34. The molecule has 2 aliphatic rings. The second-order valence-corrected chi connectivity index (χ2v) is 9.00. The summed E-state index contributed by atoms with van der Waals surface area (Å²) in [6.07, 6.45) is 14.3. The van der Waals surface area contributed by atoms with Gasteiger partial charge in [0.25, 0.3) is 0 Å². The van der Waals surface area contributed by atoms with Gasteiger partial charge in [0.1, 0.15) is 0 Å². The van der Waals surface area contributed by atoms with Gasteiger partial charge < -0.3 is 15.3 Å². The van der Waals surface area contributed by atoms with Gasteiger partial charge in [-0.2, -0.15) is 0 Å². The van der Waals surface area contributed by atoms with Gasteiger partial charge in [-0.05, 0) is 50.9 Å². The highest BCUT2D eigenvalue weighted by atomic mass is 35.5.